The van der Waals surface area contributed by atoms with Crippen molar-refractivity contribution >= 4 is 12.1 Å². The Morgan fingerprint density at radius 3 is 2.55 bits per heavy atom. The quantitative estimate of drug-likeness (QED) is 0.581. The van der Waals surface area contributed by atoms with Gasteiger partial charge in [-0.05, 0) is 59.4 Å². The number of aromatic nitrogens is 2. The zero-order valence-corrected chi connectivity index (χ0v) is 18.9. The first-order valence-corrected chi connectivity index (χ1v) is 10.7. The first kappa shape index (κ1) is 23.0. The van der Waals surface area contributed by atoms with Crippen LogP contribution in [0.15, 0.2) is 17.3 Å². The van der Waals surface area contributed by atoms with Gasteiger partial charge < -0.3 is 19.9 Å². The average Bonchev–Trinajstić information content (AvgIpc) is 3.07. The van der Waals surface area contributed by atoms with E-state index in [1.807, 2.05) is 50.4 Å². The number of ether oxygens (including phenoxy) is 1. The zero-order chi connectivity index (χ0) is 21.4. The lowest BCUT2D eigenvalue weighted by Gasteiger charge is -2.36. The van der Waals surface area contributed by atoms with Crippen LogP contribution in [0.1, 0.15) is 53.2 Å². The highest BCUT2D eigenvalue weighted by Gasteiger charge is 2.27. The number of rotatable bonds is 6. The minimum Gasteiger partial charge on any atom is -0.444 e. The van der Waals surface area contributed by atoms with Crippen molar-refractivity contribution in [2.45, 2.75) is 59.6 Å². The molecule has 0 atom stereocenters. The Labute approximate surface area is 175 Å². The number of carbonyl (C=O) groups is 1. The van der Waals surface area contributed by atoms with Crippen molar-refractivity contribution in [1.29, 1.82) is 0 Å². The maximum absolute atomic E-state index is 12.4. The normalized spacial score (nSPS) is 16.1. The van der Waals surface area contributed by atoms with Crippen LogP contribution in [0.5, 0.6) is 0 Å². The summed E-state index contributed by atoms with van der Waals surface area (Å²) in [4.78, 5) is 21.3. The minimum atomic E-state index is -0.459. The van der Waals surface area contributed by atoms with Crippen LogP contribution in [0.25, 0.3) is 0 Å². The Morgan fingerprint density at radius 1 is 1.34 bits per heavy atom. The van der Waals surface area contributed by atoms with E-state index >= 15 is 0 Å². The van der Waals surface area contributed by atoms with Gasteiger partial charge in [-0.2, -0.15) is 5.10 Å². The Morgan fingerprint density at radius 2 is 2.03 bits per heavy atom. The molecule has 1 N–H and O–H groups in total. The summed E-state index contributed by atoms with van der Waals surface area (Å²) < 4.78 is 7.40. The molecule has 1 aliphatic heterocycles. The van der Waals surface area contributed by atoms with Crippen LogP contribution in [-0.4, -0.2) is 70.0 Å². The van der Waals surface area contributed by atoms with Gasteiger partial charge in [-0.15, -0.1) is 0 Å². The molecule has 0 saturated carbocycles. The van der Waals surface area contributed by atoms with Crippen molar-refractivity contribution in [1.82, 2.24) is 24.9 Å². The van der Waals surface area contributed by atoms with Gasteiger partial charge in [0.05, 0.1) is 12.2 Å². The molecule has 0 spiro atoms. The maximum Gasteiger partial charge on any atom is 0.410 e. The Kier molecular flexibility index (Phi) is 8.34. The summed E-state index contributed by atoms with van der Waals surface area (Å²) in [5, 5.41) is 7.61. The van der Waals surface area contributed by atoms with Crippen molar-refractivity contribution in [3.63, 3.8) is 0 Å². The third-order valence-electron chi connectivity index (χ3n) is 5.07. The summed E-state index contributed by atoms with van der Waals surface area (Å²) in [5.74, 6) is 1.44. The number of likely N-dealkylation sites (tertiary alicyclic amines) is 1. The summed E-state index contributed by atoms with van der Waals surface area (Å²) in [5.41, 5.74) is 0.630. The highest BCUT2D eigenvalue weighted by molar-refractivity contribution is 5.80. The van der Waals surface area contributed by atoms with Crippen LogP contribution in [0.2, 0.25) is 0 Å². The van der Waals surface area contributed by atoms with Crippen LogP contribution in [-0.2, 0) is 18.3 Å². The van der Waals surface area contributed by atoms with Gasteiger partial charge in [-0.3, -0.25) is 4.68 Å². The smallest absolute Gasteiger partial charge is 0.410 e. The summed E-state index contributed by atoms with van der Waals surface area (Å²) in [6, 6.07) is 2.00. The molecule has 1 aliphatic rings. The Bertz CT molecular complexity index is 671. The van der Waals surface area contributed by atoms with Crippen molar-refractivity contribution in [2.75, 3.05) is 32.7 Å². The van der Waals surface area contributed by atoms with Gasteiger partial charge >= 0.3 is 6.09 Å². The predicted octanol–water partition coefficient (Wildman–Crippen LogP) is 2.85. The molecule has 8 nitrogen and oxygen atoms in total. The van der Waals surface area contributed by atoms with E-state index in [0.717, 1.165) is 50.7 Å². The fraction of sp³-hybridized carbons (Fsp3) is 0.762. The number of amides is 1. The predicted molar refractivity (Wildman–Crippen MR) is 116 cm³/mol. The van der Waals surface area contributed by atoms with Crippen molar-refractivity contribution in [2.24, 2.45) is 18.0 Å². The molecule has 0 bridgehead atoms. The number of aliphatic imine (C=N–C) groups is 1. The van der Waals surface area contributed by atoms with Gasteiger partial charge in [-0.25, -0.2) is 9.79 Å². The van der Waals surface area contributed by atoms with E-state index in [4.69, 9.17) is 9.73 Å². The topological polar surface area (TPSA) is 75.0 Å². The molecular formula is C21H38N6O2. The molecule has 0 aliphatic carbocycles. The molecule has 29 heavy (non-hydrogen) atoms. The Hall–Kier alpha value is -2.25. The largest absolute Gasteiger partial charge is 0.444 e. The molecule has 0 unspecified atom stereocenters. The van der Waals surface area contributed by atoms with Gasteiger partial charge in [0.2, 0.25) is 0 Å². The van der Waals surface area contributed by atoms with Gasteiger partial charge in [0.15, 0.2) is 5.96 Å². The molecule has 164 valence electrons. The first-order valence-electron chi connectivity index (χ1n) is 10.7. The standard InChI is InChI=1S/C21H38N6O2/c1-7-22-19(23-15-18-9-12-24-25(18)6)27-13-10-17(11-14-27)16-26(8-2)20(28)29-21(3,4)5/h9,12,17H,7-8,10-11,13-16H2,1-6H3,(H,22,23). The molecule has 1 fully saturated rings. The van der Waals surface area contributed by atoms with Crippen LogP contribution in [0.3, 0.4) is 0 Å². The fourth-order valence-electron chi connectivity index (χ4n) is 3.44. The molecular weight excluding hydrogens is 368 g/mol. The van der Waals surface area contributed by atoms with E-state index in [1.165, 1.54) is 0 Å². The third-order valence-corrected chi connectivity index (χ3v) is 5.07. The minimum absolute atomic E-state index is 0.214. The molecule has 8 heteroatoms. The van der Waals surface area contributed by atoms with Crippen LogP contribution in [0.4, 0.5) is 4.79 Å². The molecule has 2 heterocycles. The highest BCUT2D eigenvalue weighted by atomic mass is 16.6. The number of carbonyl (C=O) groups excluding carboxylic acids is 1. The van der Waals surface area contributed by atoms with E-state index in [2.05, 4.69) is 22.2 Å². The van der Waals surface area contributed by atoms with E-state index in [9.17, 15) is 4.79 Å². The van der Waals surface area contributed by atoms with Gasteiger partial charge in [0.1, 0.15) is 5.60 Å². The summed E-state index contributed by atoms with van der Waals surface area (Å²) in [7, 11) is 1.94. The zero-order valence-electron chi connectivity index (χ0n) is 18.9. The third kappa shape index (κ3) is 7.25. The van der Waals surface area contributed by atoms with Crippen LogP contribution in [0, 0.1) is 5.92 Å². The summed E-state index contributed by atoms with van der Waals surface area (Å²) >= 11 is 0. The number of hydrogen-bond donors (Lipinski definition) is 1. The van der Waals surface area contributed by atoms with E-state index < -0.39 is 5.60 Å². The summed E-state index contributed by atoms with van der Waals surface area (Å²) in [6.45, 7) is 14.6. The number of hydrogen-bond acceptors (Lipinski definition) is 4. The van der Waals surface area contributed by atoms with Crippen molar-refractivity contribution < 1.29 is 9.53 Å². The van der Waals surface area contributed by atoms with Crippen molar-refractivity contribution in [3.8, 4) is 0 Å². The Balaban J connectivity index is 1.90. The van der Waals surface area contributed by atoms with E-state index in [1.54, 1.807) is 6.20 Å². The molecule has 1 aromatic rings. The first-order chi connectivity index (χ1) is 13.7. The maximum atomic E-state index is 12.4. The van der Waals surface area contributed by atoms with Crippen LogP contribution >= 0.6 is 0 Å². The monoisotopic (exact) mass is 406 g/mol. The second kappa shape index (κ2) is 10.5. The SMILES string of the molecule is CCNC(=NCc1ccnn1C)N1CCC(CN(CC)C(=O)OC(C)(C)C)CC1. The highest BCUT2D eigenvalue weighted by Crippen LogP contribution is 2.20. The lowest BCUT2D eigenvalue weighted by Crippen LogP contribution is -2.47. The molecule has 1 amide bonds. The fourth-order valence-corrected chi connectivity index (χ4v) is 3.44. The molecule has 1 aromatic heterocycles. The molecule has 0 aromatic carbocycles. The molecule has 2 rings (SSSR count). The second-order valence-corrected chi connectivity index (χ2v) is 8.57. The number of guanidine groups is 1. The second-order valence-electron chi connectivity index (χ2n) is 8.57. The molecule has 1 saturated heterocycles. The van der Waals surface area contributed by atoms with Gasteiger partial charge in [0, 0.05) is 46.0 Å². The summed E-state index contributed by atoms with van der Waals surface area (Å²) in [6.07, 6.45) is 3.66. The van der Waals surface area contributed by atoms with Crippen LogP contribution < -0.4 is 5.32 Å². The number of piperidine rings is 1. The lowest BCUT2D eigenvalue weighted by molar-refractivity contribution is 0.0214. The number of nitrogens with one attached hydrogen (secondary N) is 1. The van der Waals surface area contributed by atoms with E-state index in [-0.39, 0.29) is 6.09 Å². The number of nitrogens with zero attached hydrogens (tertiary/aromatic N) is 5. The molecule has 0 radical (unpaired) electrons. The average molecular weight is 407 g/mol. The van der Waals surface area contributed by atoms with Gasteiger partial charge in [-0.1, -0.05) is 0 Å². The van der Waals surface area contributed by atoms with E-state index in [0.29, 0.717) is 19.0 Å². The van der Waals surface area contributed by atoms with Crippen molar-refractivity contribution in [3.05, 3.63) is 18.0 Å². The number of aryl methyl sites for hydroxylation is 1. The lowest BCUT2D eigenvalue weighted by atomic mass is 9.96. The van der Waals surface area contributed by atoms with Gasteiger partial charge in [0.25, 0.3) is 0 Å².